The Labute approximate surface area is 210 Å². The number of nitrogens with one attached hydrogen (secondary N) is 1. The van der Waals surface area contributed by atoms with Gasteiger partial charge in [0.05, 0.1) is 18.3 Å². The molecule has 4 N–H and O–H groups in total. The number of aryl methyl sites for hydroxylation is 1. The normalized spacial score (nSPS) is 20.4. The van der Waals surface area contributed by atoms with Crippen LogP contribution in [0.3, 0.4) is 0 Å². The second-order valence-electron chi connectivity index (χ2n) is 9.31. The molecule has 1 aliphatic rings. The number of carbonyl (C=O) groups is 1. The molecule has 1 saturated carbocycles. The minimum atomic E-state index is -1.61. The number of benzene rings is 1. The first kappa shape index (κ1) is 24.9. The Morgan fingerprint density at radius 3 is 2.68 bits per heavy atom. The van der Waals surface area contributed by atoms with Crippen molar-refractivity contribution < 1.29 is 23.1 Å². The molecular formula is C25H26F3N7O2. The number of halogens is 3. The van der Waals surface area contributed by atoms with Crippen molar-refractivity contribution in [1.29, 1.82) is 0 Å². The molecule has 12 heteroatoms. The lowest BCUT2D eigenvalue weighted by Gasteiger charge is -2.16. The minimum Gasteiger partial charge on any atom is -0.377 e. The number of alkyl halides is 2. The number of aliphatic hydroxyl groups is 1. The number of hydrogen-bond acceptors (Lipinski definition) is 6. The molecule has 1 amide bonds. The zero-order valence-electron chi connectivity index (χ0n) is 20.0. The van der Waals surface area contributed by atoms with Crippen LogP contribution in [0.4, 0.5) is 13.2 Å². The molecule has 0 aliphatic heterocycles. The molecule has 37 heavy (non-hydrogen) atoms. The number of amides is 1. The topological polar surface area (TPSA) is 124 Å². The number of fused-ring (bicyclic) bond motifs is 1. The summed E-state index contributed by atoms with van der Waals surface area (Å²) < 4.78 is 45.3. The minimum absolute atomic E-state index is 0.00683. The van der Waals surface area contributed by atoms with Crippen LogP contribution in [0.1, 0.15) is 40.6 Å². The lowest BCUT2D eigenvalue weighted by atomic mass is 10.1. The highest BCUT2D eigenvalue weighted by Crippen LogP contribution is 2.39. The molecule has 1 aromatic carbocycles. The standard InChI is InChI=1S/C25H26F3N7O2/c1-34-11-16(10-32-34)14-4-13(5-17(26)6-14)9-31-25(37)22-23-20(2-3-30-22)33-24(35(23)12-21(29)36)15-7-18(27)19(28)8-15/h2-6,10-11,15,18-19,21,36H,7-9,12,29H2,1H3,(H,31,37). The van der Waals surface area contributed by atoms with Crippen molar-refractivity contribution in [3.63, 3.8) is 0 Å². The summed E-state index contributed by atoms with van der Waals surface area (Å²) in [6.45, 7) is -0.126. The van der Waals surface area contributed by atoms with Crippen LogP contribution < -0.4 is 11.1 Å². The molecule has 4 aromatic rings. The van der Waals surface area contributed by atoms with E-state index in [1.807, 2.05) is 0 Å². The summed E-state index contributed by atoms with van der Waals surface area (Å²) in [6.07, 6.45) is 0.159. The quantitative estimate of drug-likeness (QED) is 0.327. The average Bonchev–Trinajstić information content (AvgIpc) is 3.54. The second kappa shape index (κ2) is 9.94. The average molecular weight is 514 g/mol. The number of hydrogen-bond donors (Lipinski definition) is 3. The molecule has 3 atom stereocenters. The van der Waals surface area contributed by atoms with Crippen molar-refractivity contribution >= 4 is 16.9 Å². The molecular weight excluding hydrogens is 487 g/mol. The molecule has 3 aromatic heterocycles. The molecule has 0 radical (unpaired) electrons. The Hall–Kier alpha value is -3.77. The smallest absolute Gasteiger partial charge is 0.272 e. The van der Waals surface area contributed by atoms with Gasteiger partial charge in [-0.25, -0.2) is 23.1 Å². The van der Waals surface area contributed by atoms with E-state index in [-0.39, 0.29) is 31.6 Å². The Kier molecular flexibility index (Phi) is 6.69. The van der Waals surface area contributed by atoms with Gasteiger partial charge in [-0.05, 0) is 48.2 Å². The summed E-state index contributed by atoms with van der Waals surface area (Å²) in [5.74, 6) is -1.21. The number of imidazole rings is 1. The largest absolute Gasteiger partial charge is 0.377 e. The van der Waals surface area contributed by atoms with Crippen molar-refractivity contribution in [2.75, 3.05) is 0 Å². The second-order valence-corrected chi connectivity index (χ2v) is 9.31. The zero-order chi connectivity index (χ0) is 26.3. The van der Waals surface area contributed by atoms with E-state index in [1.54, 1.807) is 36.3 Å². The number of nitrogens with zero attached hydrogens (tertiary/aromatic N) is 5. The molecule has 0 spiro atoms. The fraction of sp³-hybridized carbons (Fsp3) is 0.360. The molecule has 5 rings (SSSR count). The maximum Gasteiger partial charge on any atom is 0.272 e. The van der Waals surface area contributed by atoms with Gasteiger partial charge in [-0.2, -0.15) is 5.10 Å². The molecule has 1 aliphatic carbocycles. The first-order valence-corrected chi connectivity index (χ1v) is 11.8. The first-order chi connectivity index (χ1) is 17.7. The maximum atomic E-state index is 14.3. The Morgan fingerprint density at radius 1 is 1.24 bits per heavy atom. The van der Waals surface area contributed by atoms with Gasteiger partial charge in [-0.3, -0.25) is 9.48 Å². The van der Waals surface area contributed by atoms with Gasteiger partial charge in [0.15, 0.2) is 5.69 Å². The van der Waals surface area contributed by atoms with Gasteiger partial charge in [-0.1, -0.05) is 0 Å². The summed E-state index contributed by atoms with van der Waals surface area (Å²) in [5, 5.41) is 16.8. The fourth-order valence-electron chi connectivity index (χ4n) is 4.85. The van der Waals surface area contributed by atoms with Crippen LogP contribution in [0, 0.1) is 5.82 Å². The van der Waals surface area contributed by atoms with E-state index in [1.165, 1.54) is 22.9 Å². The molecule has 3 heterocycles. The van der Waals surface area contributed by atoms with Crippen LogP contribution in [0.15, 0.2) is 42.9 Å². The van der Waals surface area contributed by atoms with Crippen LogP contribution in [0.25, 0.3) is 22.2 Å². The van der Waals surface area contributed by atoms with Crippen molar-refractivity contribution in [3.8, 4) is 11.1 Å². The van der Waals surface area contributed by atoms with Gasteiger partial charge in [0.2, 0.25) is 0 Å². The highest BCUT2D eigenvalue weighted by Gasteiger charge is 2.38. The van der Waals surface area contributed by atoms with E-state index in [9.17, 15) is 23.1 Å². The summed E-state index contributed by atoms with van der Waals surface area (Å²) >= 11 is 0. The van der Waals surface area contributed by atoms with Crippen LogP contribution in [0.2, 0.25) is 0 Å². The lowest BCUT2D eigenvalue weighted by molar-refractivity contribution is 0.0946. The number of pyridine rings is 1. The maximum absolute atomic E-state index is 14.3. The summed E-state index contributed by atoms with van der Waals surface area (Å²) in [7, 11) is 1.76. The van der Waals surface area contributed by atoms with E-state index in [2.05, 4.69) is 20.4 Å². The van der Waals surface area contributed by atoms with Crippen molar-refractivity contribution in [2.45, 2.75) is 50.4 Å². The third-order valence-corrected chi connectivity index (χ3v) is 6.49. The lowest BCUT2D eigenvalue weighted by Crippen LogP contribution is -2.28. The SMILES string of the molecule is Cn1cc(-c2cc(F)cc(CNC(=O)c3nccc4nc(C5CC(F)C(F)C5)n(CC(N)O)c34)c2)cn1. The van der Waals surface area contributed by atoms with E-state index in [0.717, 1.165) is 5.56 Å². The van der Waals surface area contributed by atoms with E-state index in [0.29, 0.717) is 28.0 Å². The molecule has 194 valence electrons. The third-order valence-electron chi connectivity index (χ3n) is 6.49. The molecule has 0 bridgehead atoms. The Balaban J connectivity index is 1.44. The van der Waals surface area contributed by atoms with Gasteiger partial charge in [0.1, 0.15) is 35.7 Å². The van der Waals surface area contributed by atoms with Crippen LogP contribution in [-0.2, 0) is 20.1 Å². The molecule has 9 nitrogen and oxygen atoms in total. The Morgan fingerprint density at radius 2 is 2.00 bits per heavy atom. The summed E-state index contributed by atoms with van der Waals surface area (Å²) in [6, 6.07) is 6.04. The number of aliphatic hydroxyl groups excluding tert-OH is 1. The van der Waals surface area contributed by atoms with Gasteiger partial charge in [-0.15, -0.1) is 0 Å². The van der Waals surface area contributed by atoms with Crippen LogP contribution in [0.5, 0.6) is 0 Å². The third kappa shape index (κ3) is 5.07. The van der Waals surface area contributed by atoms with Gasteiger partial charge < -0.3 is 20.7 Å². The van der Waals surface area contributed by atoms with E-state index < -0.39 is 36.2 Å². The van der Waals surface area contributed by atoms with Gasteiger partial charge in [0.25, 0.3) is 5.91 Å². The predicted octanol–water partition coefficient (Wildman–Crippen LogP) is 2.73. The highest BCUT2D eigenvalue weighted by molar-refractivity contribution is 6.03. The van der Waals surface area contributed by atoms with Gasteiger partial charge in [0, 0.05) is 37.5 Å². The molecule has 1 fully saturated rings. The highest BCUT2D eigenvalue weighted by atomic mass is 19.2. The zero-order valence-corrected chi connectivity index (χ0v) is 20.0. The van der Waals surface area contributed by atoms with E-state index in [4.69, 9.17) is 5.73 Å². The van der Waals surface area contributed by atoms with E-state index >= 15 is 0 Å². The number of rotatable bonds is 7. The Bertz CT molecular complexity index is 1440. The number of aromatic nitrogens is 5. The van der Waals surface area contributed by atoms with Crippen molar-refractivity contribution in [2.24, 2.45) is 12.8 Å². The predicted molar refractivity (Wildman–Crippen MR) is 129 cm³/mol. The van der Waals surface area contributed by atoms with Gasteiger partial charge >= 0.3 is 0 Å². The number of nitrogens with two attached hydrogens (primary N) is 1. The van der Waals surface area contributed by atoms with Crippen molar-refractivity contribution in [3.05, 3.63) is 65.8 Å². The van der Waals surface area contributed by atoms with Crippen molar-refractivity contribution in [1.82, 2.24) is 29.6 Å². The monoisotopic (exact) mass is 513 g/mol. The molecule has 0 saturated heterocycles. The summed E-state index contributed by atoms with van der Waals surface area (Å²) in [5.41, 5.74) is 8.20. The first-order valence-electron chi connectivity index (χ1n) is 11.8. The summed E-state index contributed by atoms with van der Waals surface area (Å²) in [4.78, 5) is 21.9. The molecule has 3 unspecified atom stereocenters. The van der Waals surface area contributed by atoms with Crippen LogP contribution in [-0.4, -0.2) is 53.9 Å². The fourth-order valence-corrected chi connectivity index (χ4v) is 4.85. The number of carbonyl (C=O) groups excluding carboxylic acids is 1. The van der Waals surface area contributed by atoms with Crippen LogP contribution >= 0.6 is 0 Å².